The normalized spacial score (nSPS) is 21.3. The predicted molar refractivity (Wildman–Crippen MR) is 92.2 cm³/mol. The average molecular weight is 403 g/mol. The van der Waals surface area contributed by atoms with Crippen molar-refractivity contribution < 1.29 is 43.6 Å². The van der Waals surface area contributed by atoms with Gasteiger partial charge in [-0.25, -0.2) is 0 Å². The molecule has 129 valence electrons. The number of hydrogen-bond donors (Lipinski definition) is 0. The minimum absolute atomic E-state index is 0. The maximum absolute atomic E-state index is 12.6. The van der Waals surface area contributed by atoms with Gasteiger partial charge in [0.25, 0.3) is 0 Å². The van der Waals surface area contributed by atoms with Gasteiger partial charge in [-0.3, -0.25) is 4.79 Å². The Labute approximate surface area is 172 Å². The van der Waals surface area contributed by atoms with Crippen LogP contribution in [0.2, 0.25) is 0 Å². The molecule has 2 aliphatic rings. The molecule has 3 nitrogen and oxygen atoms in total. The number of aryl methyl sites for hydroxylation is 1. The number of carbonyl (C=O) groups is 1. The number of rotatable bonds is 5. The van der Waals surface area contributed by atoms with E-state index in [4.69, 9.17) is 6.11 Å². The van der Waals surface area contributed by atoms with E-state index in [0.717, 1.165) is 62.1 Å². The first-order valence-corrected chi connectivity index (χ1v) is 8.76. The van der Waals surface area contributed by atoms with Crippen molar-refractivity contribution in [2.45, 2.75) is 51.3 Å². The van der Waals surface area contributed by atoms with Crippen molar-refractivity contribution in [3.63, 3.8) is 0 Å². The van der Waals surface area contributed by atoms with Crippen molar-refractivity contribution in [2.75, 3.05) is 19.7 Å². The molecular weight excluding hydrogens is 375 g/mol. The van der Waals surface area contributed by atoms with E-state index in [1.54, 1.807) is 5.92 Å². The summed E-state index contributed by atoms with van der Waals surface area (Å²) in [4.78, 5) is 14.6. The van der Waals surface area contributed by atoms with Crippen LogP contribution in [0.4, 0.5) is 0 Å². The van der Waals surface area contributed by atoms with Crippen LogP contribution in [0.3, 0.4) is 0 Å². The van der Waals surface area contributed by atoms with E-state index in [1.807, 2.05) is 23.1 Å². The number of likely N-dealkylation sites (tertiary alicyclic amines) is 1. The van der Waals surface area contributed by atoms with Crippen molar-refractivity contribution in [3.05, 3.63) is 42.2 Å². The molecule has 24 heavy (non-hydrogen) atoms. The molecule has 3 rings (SSSR count). The molecule has 0 spiro atoms. The Kier molecular flexibility index (Phi) is 7.60. The predicted octanol–water partition coefficient (Wildman–Crippen LogP) is 3.75. The summed E-state index contributed by atoms with van der Waals surface area (Å²) in [6, 6.07) is 5.86. The van der Waals surface area contributed by atoms with Crippen molar-refractivity contribution in [1.82, 2.24) is 4.90 Å². The summed E-state index contributed by atoms with van der Waals surface area (Å²) >= 11 is 0. The monoisotopic (exact) mass is 403 g/mol. The van der Waals surface area contributed by atoms with E-state index < -0.39 is 0 Å². The van der Waals surface area contributed by atoms with Gasteiger partial charge in [0.05, 0.1) is 13.0 Å². The fourth-order valence-corrected chi connectivity index (χ4v) is 3.37. The molecule has 0 aliphatic carbocycles. The molecule has 2 aliphatic heterocycles. The van der Waals surface area contributed by atoms with Gasteiger partial charge < -0.3 is 22.5 Å². The number of hydrogen-bond acceptors (Lipinski definition) is 2. The maximum atomic E-state index is 12.6. The summed E-state index contributed by atoms with van der Waals surface area (Å²) in [5, 5.41) is 0. The van der Waals surface area contributed by atoms with Crippen LogP contribution in [0.25, 0.3) is 0 Å². The smallest absolute Gasteiger partial charge is 0.226 e. The zero-order valence-corrected chi connectivity index (χ0v) is 17.3. The van der Waals surface area contributed by atoms with Gasteiger partial charge in [-0.2, -0.15) is 25.7 Å². The molecule has 1 radical (unpaired) electrons. The zero-order valence-electron chi connectivity index (χ0n) is 15.4. The molecule has 2 heterocycles. The number of amides is 1. The second-order valence-electron chi connectivity index (χ2n) is 6.48. The number of unbranched alkanes of at least 4 members (excludes halogenated alkanes) is 1. The van der Waals surface area contributed by atoms with E-state index >= 15 is 0 Å². The third-order valence-corrected chi connectivity index (χ3v) is 4.77. The molecule has 1 aromatic rings. The summed E-state index contributed by atoms with van der Waals surface area (Å²) in [6.07, 6.45) is 6.32. The number of benzene rings is 1. The van der Waals surface area contributed by atoms with Crippen molar-refractivity contribution in [1.29, 1.82) is 0 Å². The van der Waals surface area contributed by atoms with Gasteiger partial charge in [0.15, 0.2) is 0 Å². The summed E-state index contributed by atoms with van der Waals surface area (Å²) in [5.41, 5.74) is 1.92. The molecular formula is C20H27NO2Y-2. The van der Waals surface area contributed by atoms with Gasteiger partial charge >= 0.3 is 0 Å². The molecule has 0 bridgehead atoms. The second kappa shape index (κ2) is 9.92. The topological polar surface area (TPSA) is 29.5 Å². The number of fused-ring (bicyclic) bond motifs is 1. The Morgan fingerprint density at radius 2 is 2.17 bits per heavy atom. The van der Waals surface area contributed by atoms with E-state index in [2.05, 4.69) is 6.92 Å². The Morgan fingerprint density at radius 1 is 1.38 bits per heavy atom. The standard InChI is InChI=1S/C20H27NO2.Y/c1-2-3-5-16-9-11-21(12-10-16)20(22)15-17-7-8-19-18(14-17)6-4-13-23-19;/h7-8,14H,1-6,9-13,15H2;/q-2;/i6D;. The van der Waals surface area contributed by atoms with Crippen molar-refractivity contribution >= 4 is 5.91 Å². The quantitative estimate of drug-likeness (QED) is 0.701. The van der Waals surface area contributed by atoms with Gasteiger partial charge in [-0.15, -0.1) is 6.42 Å². The SMILES string of the molecule is [2H]C1CCOc2ccc(CC(=O)N3CC[C-](CCC[CH2-])CC3)cc21.[Y]. The zero-order chi connectivity index (χ0) is 16.9. The van der Waals surface area contributed by atoms with Gasteiger partial charge in [0.2, 0.25) is 5.91 Å². The number of piperidine rings is 1. The largest absolute Gasteiger partial charge is 0.493 e. The van der Waals surface area contributed by atoms with Gasteiger partial charge in [0.1, 0.15) is 5.75 Å². The van der Waals surface area contributed by atoms with Crippen LogP contribution in [0.5, 0.6) is 5.75 Å². The summed E-state index contributed by atoms with van der Waals surface area (Å²) in [5.74, 6) is 2.59. The Bertz CT molecular complexity index is 573. The number of nitrogens with zero attached hydrogens (tertiary/aromatic N) is 1. The molecule has 1 aromatic carbocycles. The molecule has 4 heteroatoms. The molecule has 1 fully saturated rings. The van der Waals surface area contributed by atoms with Crippen molar-refractivity contribution in [3.8, 4) is 5.75 Å². The fraction of sp³-hybridized carbons (Fsp3) is 0.550. The molecule has 0 N–H and O–H groups in total. The first-order valence-electron chi connectivity index (χ1n) is 9.33. The minimum Gasteiger partial charge on any atom is -0.493 e. The van der Waals surface area contributed by atoms with E-state index in [1.165, 1.54) is 6.42 Å². The third-order valence-electron chi connectivity index (χ3n) is 4.77. The first kappa shape index (κ1) is 18.4. The minimum atomic E-state index is -0.232. The van der Waals surface area contributed by atoms with E-state index in [-0.39, 0.29) is 45.0 Å². The van der Waals surface area contributed by atoms with Crippen LogP contribution in [0.15, 0.2) is 18.2 Å². The van der Waals surface area contributed by atoms with E-state index in [0.29, 0.717) is 13.0 Å². The Hall–Kier alpha value is -0.406. The van der Waals surface area contributed by atoms with Crippen LogP contribution < -0.4 is 4.74 Å². The average Bonchev–Trinajstić information content (AvgIpc) is 2.61. The van der Waals surface area contributed by atoms with Crippen LogP contribution in [0.1, 0.15) is 51.0 Å². The summed E-state index contributed by atoms with van der Waals surface area (Å²) < 4.78 is 13.7. The number of ether oxygens (including phenoxy) is 1. The van der Waals surface area contributed by atoms with Crippen LogP contribution in [0, 0.1) is 12.8 Å². The van der Waals surface area contributed by atoms with Crippen molar-refractivity contribution in [2.24, 2.45) is 0 Å². The molecule has 1 unspecified atom stereocenters. The fourth-order valence-electron chi connectivity index (χ4n) is 3.37. The second-order valence-corrected chi connectivity index (χ2v) is 6.48. The van der Waals surface area contributed by atoms with Gasteiger partial charge in [-0.05, 0) is 43.1 Å². The summed E-state index contributed by atoms with van der Waals surface area (Å²) in [7, 11) is 0. The van der Waals surface area contributed by atoms with Crippen LogP contribution in [-0.2, 0) is 50.3 Å². The molecule has 1 saturated heterocycles. The maximum Gasteiger partial charge on any atom is 0.226 e. The third kappa shape index (κ3) is 5.29. The Balaban J connectivity index is 0.00000225. The van der Waals surface area contributed by atoms with Gasteiger partial charge in [-0.1, -0.05) is 12.1 Å². The Morgan fingerprint density at radius 3 is 2.92 bits per heavy atom. The van der Waals surface area contributed by atoms with Gasteiger partial charge in [0, 0.05) is 34.1 Å². The van der Waals surface area contributed by atoms with E-state index in [9.17, 15) is 4.79 Å². The summed E-state index contributed by atoms with van der Waals surface area (Å²) in [6.45, 7) is 6.20. The first-order chi connectivity index (χ1) is 11.7. The molecule has 0 saturated carbocycles. The molecule has 1 atom stereocenters. The van der Waals surface area contributed by atoms with Crippen LogP contribution >= 0.6 is 0 Å². The molecule has 1 amide bonds. The van der Waals surface area contributed by atoms with Crippen LogP contribution in [-0.4, -0.2) is 30.5 Å². The number of carbonyl (C=O) groups excluding carboxylic acids is 1. The molecule has 0 aromatic heterocycles.